The number of benzene rings is 1. The number of carbonyl (C=O) groups excluding carboxylic acids is 2. The molecule has 8 nitrogen and oxygen atoms in total. The van der Waals surface area contributed by atoms with Crippen LogP contribution in [0.25, 0.3) is 22.3 Å². The highest BCUT2D eigenvalue weighted by Crippen LogP contribution is 2.45. The number of methoxy groups -OCH3 is 1. The third-order valence-corrected chi connectivity index (χ3v) is 7.54. The number of nitrogens with zero attached hydrogens (tertiary/aromatic N) is 2. The first-order chi connectivity index (χ1) is 17.3. The van der Waals surface area contributed by atoms with Gasteiger partial charge in [-0.05, 0) is 54.5 Å². The van der Waals surface area contributed by atoms with E-state index in [0.29, 0.717) is 52.9 Å². The van der Waals surface area contributed by atoms with Gasteiger partial charge in [0, 0.05) is 35.6 Å². The SMILES string of the molecule is CCC(C=O)c1cc2n(c(=O)c1COC)Cc1c-2nc2cc(F)c(C)c3c2c1C(NC(=O)CO)CC3. The fourth-order valence-corrected chi connectivity index (χ4v) is 5.76. The molecule has 2 atom stereocenters. The molecule has 0 bridgehead atoms. The average molecular weight is 494 g/mol. The maximum absolute atomic E-state index is 14.9. The molecule has 2 aromatic heterocycles. The maximum Gasteiger partial charge on any atom is 0.257 e. The molecule has 0 spiro atoms. The molecule has 0 saturated carbocycles. The molecule has 188 valence electrons. The summed E-state index contributed by atoms with van der Waals surface area (Å²) in [6.45, 7) is 3.28. The van der Waals surface area contributed by atoms with E-state index in [4.69, 9.17) is 9.72 Å². The lowest BCUT2D eigenvalue weighted by Crippen LogP contribution is -2.33. The Bertz CT molecular complexity index is 1480. The fourth-order valence-electron chi connectivity index (χ4n) is 5.76. The van der Waals surface area contributed by atoms with E-state index in [-0.39, 0.29) is 24.5 Å². The molecule has 36 heavy (non-hydrogen) atoms. The number of amides is 1. The zero-order valence-corrected chi connectivity index (χ0v) is 20.5. The van der Waals surface area contributed by atoms with Crippen molar-refractivity contribution in [3.8, 4) is 11.4 Å². The number of aliphatic hydroxyl groups excluding tert-OH is 1. The van der Waals surface area contributed by atoms with Gasteiger partial charge < -0.3 is 24.5 Å². The highest BCUT2D eigenvalue weighted by atomic mass is 19.1. The minimum atomic E-state index is -0.643. The normalized spacial score (nSPS) is 16.5. The van der Waals surface area contributed by atoms with Crippen molar-refractivity contribution in [2.75, 3.05) is 13.7 Å². The van der Waals surface area contributed by atoms with Gasteiger partial charge in [0.05, 0.1) is 36.1 Å². The van der Waals surface area contributed by atoms with Crippen molar-refractivity contribution in [3.05, 3.63) is 61.7 Å². The number of hydrogen-bond donors (Lipinski definition) is 2. The van der Waals surface area contributed by atoms with Gasteiger partial charge in [0.2, 0.25) is 5.91 Å². The van der Waals surface area contributed by atoms with Gasteiger partial charge >= 0.3 is 0 Å². The second-order valence-corrected chi connectivity index (χ2v) is 9.46. The molecule has 0 fully saturated rings. The Morgan fingerprint density at radius 1 is 1.39 bits per heavy atom. The molecule has 2 unspecified atom stereocenters. The smallest absolute Gasteiger partial charge is 0.257 e. The van der Waals surface area contributed by atoms with E-state index < -0.39 is 24.5 Å². The van der Waals surface area contributed by atoms with E-state index in [1.807, 2.05) is 13.0 Å². The number of aldehydes is 1. The van der Waals surface area contributed by atoms with Crippen LogP contribution in [0.3, 0.4) is 0 Å². The molecule has 9 heteroatoms. The monoisotopic (exact) mass is 493 g/mol. The molecule has 0 saturated heterocycles. The second kappa shape index (κ2) is 9.22. The highest BCUT2D eigenvalue weighted by molar-refractivity contribution is 5.93. The van der Waals surface area contributed by atoms with Crippen molar-refractivity contribution in [1.29, 1.82) is 0 Å². The van der Waals surface area contributed by atoms with Crippen LogP contribution < -0.4 is 10.9 Å². The lowest BCUT2D eigenvalue weighted by Gasteiger charge is -2.29. The molecule has 1 aliphatic heterocycles. The Balaban J connectivity index is 1.83. The number of carbonyl (C=O) groups is 2. The Morgan fingerprint density at radius 3 is 2.83 bits per heavy atom. The van der Waals surface area contributed by atoms with E-state index in [1.54, 1.807) is 11.5 Å². The van der Waals surface area contributed by atoms with Crippen LogP contribution in [0, 0.1) is 12.7 Å². The van der Waals surface area contributed by atoms with Gasteiger partial charge in [0.1, 0.15) is 18.7 Å². The van der Waals surface area contributed by atoms with Crippen LogP contribution in [0.2, 0.25) is 0 Å². The van der Waals surface area contributed by atoms with E-state index in [2.05, 4.69) is 5.32 Å². The van der Waals surface area contributed by atoms with Crippen LogP contribution in [0.4, 0.5) is 4.39 Å². The lowest BCUT2D eigenvalue weighted by atomic mass is 9.81. The number of ether oxygens (including phenoxy) is 1. The summed E-state index contributed by atoms with van der Waals surface area (Å²) < 4.78 is 21.8. The third-order valence-electron chi connectivity index (χ3n) is 7.54. The lowest BCUT2D eigenvalue weighted by molar-refractivity contribution is -0.124. The number of rotatable bonds is 7. The quantitative estimate of drug-likeness (QED) is 0.383. The number of nitrogens with one attached hydrogen (secondary N) is 1. The largest absolute Gasteiger partial charge is 0.387 e. The predicted octanol–water partition coefficient (Wildman–Crippen LogP) is 2.81. The maximum atomic E-state index is 14.9. The fraction of sp³-hybridized carbons (Fsp3) is 0.407. The summed E-state index contributed by atoms with van der Waals surface area (Å²) in [5, 5.41) is 13.0. The second-order valence-electron chi connectivity index (χ2n) is 9.46. The van der Waals surface area contributed by atoms with Gasteiger partial charge in [-0.3, -0.25) is 9.59 Å². The number of fused-ring (bicyclic) bond motifs is 4. The number of pyridine rings is 2. The van der Waals surface area contributed by atoms with Gasteiger partial charge in [0.15, 0.2) is 0 Å². The molecule has 2 aliphatic rings. The van der Waals surface area contributed by atoms with Crippen molar-refractivity contribution in [2.24, 2.45) is 0 Å². The van der Waals surface area contributed by atoms with Crippen molar-refractivity contribution in [1.82, 2.24) is 14.9 Å². The van der Waals surface area contributed by atoms with Crippen LogP contribution in [0.5, 0.6) is 0 Å². The van der Waals surface area contributed by atoms with E-state index in [1.165, 1.54) is 13.2 Å². The van der Waals surface area contributed by atoms with Crippen molar-refractivity contribution in [2.45, 2.75) is 58.2 Å². The number of aliphatic hydroxyl groups is 1. The van der Waals surface area contributed by atoms with Crippen LogP contribution in [0.15, 0.2) is 16.9 Å². The van der Waals surface area contributed by atoms with E-state index >= 15 is 0 Å². The Hall–Kier alpha value is -3.43. The predicted molar refractivity (Wildman–Crippen MR) is 131 cm³/mol. The Morgan fingerprint density at radius 2 is 2.17 bits per heavy atom. The van der Waals surface area contributed by atoms with E-state index in [9.17, 15) is 23.9 Å². The topological polar surface area (TPSA) is 111 Å². The number of hydrogen-bond acceptors (Lipinski definition) is 6. The summed E-state index contributed by atoms with van der Waals surface area (Å²) in [6, 6.07) is 2.81. The number of halogens is 1. The first-order valence-electron chi connectivity index (χ1n) is 12.1. The highest BCUT2D eigenvalue weighted by Gasteiger charge is 2.35. The Kier molecular flexibility index (Phi) is 6.22. The summed E-state index contributed by atoms with van der Waals surface area (Å²) in [7, 11) is 1.50. The minimum absolute atomic E-state index is 0.0706. The molecule has 3 heterocycles. The number of aromatic nitrogens is 2. The molecule has 1 aromatic carbocycles. The molecular weight excluding hydrogens is 465 g/mol. The van der Waals surface area contributed by atoms with Gasteiger partial charge in [-0.25, -0.2) is 9.37 Å². The molecule has 1 amide bonds. The minimum Gasteiger partial charge on any atom is -0.387 e. The van der Waals surface area contributed by atoms with Gasteiger partial charge in [-0.1, -0.05) is 6.92 Å². The average Bonchev–Trinajstić information content (AvgIpc) is 3.24. The van der Waals surface area contributed by atoms with Crippen LogP contribution in [0.1, 0.15) is 65.1 Å². The third kappa shape index (κ3) is 3.57. The van der Waals surface area contributed by atoms with E-state index in [0.717, 1.165) is 28.4 Å². The first-order valence-corrected chi connectivity index (χ1v) is 12.1. The summed E-state index contributed by atoms with van der Waals surface area (Å²) in [5.41, 5.74) is 5.32. The van der Waals surface area contributed by atoms with Gasteiger partial charge in [0.25, 0.3) is 5.56 Å². The summed E-state index contributed by atoms with van der Waals surface area (Å²) >= 11 is 0. The summed E-state index contributed by atoms with van der Waals surface area (Å²) in [4.78, 5) is 42.5. The van der Waals surface area contributed by atoms with Crippen LogP contribution in [-0.4, -0.2) is 40.6 Å². The van der Waals surface area contributed by atoms with Gasteiger partial charge in [-0.2, -0.15) is 0 Å². The van der Waals surface area contributed by atoms with Crippen LogP contribution in [-0.2, 0) is 33.9 Å². The van der Waals surface area contributed by atoms with Gasteiger partial charge in [-0.15, -0.1) is 0 Å². The molecule has 3 aromatic rings. The first kappa shape index (κ1) is 24.3. The zero-order chi connectivity index (χ0) is 25.7. The number of aryl methyl sites for hydroxylation is 1. The zero-order valence-electron chi connectivity index (χ0n) is 20.5. The molecule has 2 N–H and O–H groups in total. The molecule has 0 radical (unpaired) electrons. The standard InChI is InChI=1S/C27H28FN3O5/c1-4-14(10-32)16-7-22-26-17(9-31(22)27(35)18(16)12-36-3)25-20(29-23(34)11-33)6-5-15-13(2)19(28)8-21(30-26)24(15)25/h7-8,10,14,20,33H,4-6,9,11-12H2,1-3H3,(H,29,34). The van der Waals surface area contributed by atoms with Crippen LogP contribution >= 0.6 is 0 Å². The van der Waals surface area contributed by atoms with Crippen molar-refractivity contribution >= 4 is 23.1 Å². The molecule has 5 rings (SSSR count). The summed E-state index contributed by atoms with van der Waals surface area (Å²) in [6.07, 6.45) is 2.44. The van der Waals surface area contributed by atoms with Crippen molar-refractivity contribution < 1.29 is 23.8 Å². The molecule has 1 aliphatic carbocycles. The van der Waals surface area contributed by atoms with Crippen molar-refractivity contribution in [3.63, 3.8) is 0 Å². The molecular formula is C27H28FN3O5. The Labute approximate surface area is 207 Å². The summed E-state index contributed by atoms with van der Waals surface area (Å²) in [5.74, 6) is -1.33.